The van der Waals surface area contributed by atoms with E-state index in [0.717, 1.165) is 10.0 Å². The highest BCUT2D eigenvalue weighted by Crippen LogP contribution is 2.33. The molecule has 9 heteroatoms. The second kappa shape index (κ2) is 7.66. The Balaban J connectivity index is 1.78. The summed E-state index contributed by atoms with van der Waals surface area (Å²) in [4.78, 5) is 10.5. The van der Waals surface area contributed by atoms with Gasteiger partial charge in [-0.15, -0.1) is 10.2 Å². The Hall–Kier alpha value is -2.39. The molecule has 0 radical (unpaired) electrons. The molecule has 7 nitrogen and oxygen atoms in total. The minimum absolute atomic E-state index is 0.0100. The maximum Gasteiger partial charge on any atom is 0.277 e. The molecule has 0 spiro atoms. The van der Waals surface area contributed by atoms with Crippen molar-refractivity contribution >= 4 is 33.4 Å². The Morgan fingerprint density at radius 2 is 2.08 bits per heavy atom. The molecule has 0 unspecified atom stereocenters. The van der Waals surface area contributed by atoms with Gasteiger partial charge in [0, 0.05) is 27.9 Å². The second-order valence-corrected chi connectivity index (χ2v) is 6.68. The van der Waals surface area contributed by atoms with Gasteiger partial charge in [0.05, 0.1) is 17.6 Å². The molecule has 0 saturated heterocycles. The van der Waals surface area contributed by atoms with Crippen LogP contribution in [0.4, 0.5) is 5.69 Å². The van der Waals surface area contributed by atoms with Crippen LogP contribution in [-0.4, -0.2) is 22.2 Å². The van der Waals surface area contributed by atoms with E-state index in [1.54, 1.807) is 6.07 Å². The molecule has 0 aliphatic heterocycles. The normalized spacial score (nSPS) is 10.6. The summed E-state index contributed by atoms with van der Waals surface area (Å²) in [6.07, 6.45) is 0. The lowest BCUT2D eigenvalue weighted by Crippen LogP contribution is -1.94. The SMILES string of the molecule is COc1ccc([N+](=O)[O-])cc1CSc1nnc(-c2ccccc2Br)o1. The van der Waals surface area contributed by atoms with Gasteiger partial charge in [0.25, 0.3) is 10.9 Å². The third kappa shape index (κ3) is 3.99. The Bertz CT molecular complexity index is 916. The Morgan fingerprint density at radius 1 is 1.28 bits per heavy atom. The molecule has 0 saturated carbocycles. The summed E-state index contributed by atoms with van der Waals surface area (Å²) >= 11 is 4.73. The molecular weight excluding hydrogens is 410 g/mol. The van der Waals surface area contributed by atoms with Crippen LogP contribution in [0.5, 0.6) is 5.75 Å². The molecule has 1 heterocycles. The van der Waals surface area contributed by atoms with Crippen molar-refractivity contribution in [1.29, 1.82) is 0 Å². The average molecular weight is 422 g/mol. The van der Waals surface area contributed by atoms with E-state index in [-0.39, 0.29) is 5.69 Å². The van der Waals surface area contributed by atoms with Gasteiger partial charge in [0.1, 0.15) is 5.75 Å². The fourth-order valence-electron chi connectivity index (χ4n) is 2.14. The zero-order chi connectivity index (χ0) is 17.8. The third-order valence-electron chi connectivity index (χ3n) is 3.34. The van der Waals surface area contributed by atoms with Gasteiger partial charge in [-0.05, 0) is 34.1 Å². The molecule has 2 aromatic carbocycles. The maximum atomic E-state index is 10.9. The van der Waals surface area contributed by atoms with Crippen LogP contribution in [0.15, 0.2) is 56.6 Å². The lowest BCUT2D eigenvalue weighted by atomic mass is 10.2. The van der Waals surface area contributed by atoms with Crippen molar-refractivity contribution in [3.8, 4) is 17.2 Å². The van der Waals surface area contributed by atoms with Gasteiger partial charge in [-0.3, -0.25) is 10.1 Å². The molecule has 25 heavy (non-hydrogen) atoms. The van der Waals surface area contributed by atoms with Gasteiger partial charge >= 0.3 is 0 Å². The van der Waals surface area contributed by atoms with Crippen molar-refractivity contribution in [2.24, 2.45) is 0 Å². The summed E-state index contributed by atoms with van der Waals surface area (Å²) in [5.41, 5.74) is 1.49. The summed E-state index contributed by atoms with van der Waals surface area (Å²) < 4.78 is 11.8. The van der Waals surface area contributed by atoms with Crippen LogP contribution in [0.25, 0.3) is 11.5 Å². The first-order valence-electron chi connectivity index (χ1n) is 7.11. The van der Waals surface area contributed by atoms with Crippen molar-refractivity contribution < 1.29 is 14.1 Å². The number of benzene rings is 2. The predicted molar refractivity (Wildman–Crippen MR) is 96.6 cm³/mol. The third-order valence-corrected chi connectivity index (χ3v) is 4.90. The van der Waals surface area contributed by atoms with Gasteiger partial charge < -0.3 is 9.15 Å². The van der Waals surface area contributed by atoms with E-state index in [1.807, 2.05) is 24.3 Å². The number of hydrogen-bond acceptors (Lipinski definition) is 7. The molecule has 0 aliphatic carbocycles. The summed E-state index contributed by atoms with van der Waals surface area (Å²) in [5.74, 6) is 1.38. The van der Waals surface area contributed by atoms with Crippen LogP contribution in [0.3, 0.4) is 0 Å². The smallest absolute Gasteiger partial charge is 0.277 e. The number of nitro benzene ring substituents is 1. The van der Waals surface area contributed by atoms with Crippen molar-refractivity contribution in [3.05, 3.63) is 62.6 Å². The average Bonchev–Trinajstić information content (AvgIpc) is 3.08. The summed E-state index contributed by atoms with van der Waals surface area (Å²) in [7, 11) is 1.52. The van der Waals surface area contributed by atoms with Crippen molar-refractivity contribution in [3.63, 3.8) is 0 Å². The number of nitrogens with zero attached hydrogens (tertiary/aromatic N) is 3. The number of nitro groups is 1. The minimum Gasteiger partial charge on any atom is -0.496 e. The molecule has 0 fully saturated rings. The number of non-ortho nitro benzene ring substituents is 1. The molecule has 0 N–H and O–H groups in total. The topological polar surface area (TPSA) is 91.3 Å². The number of halogens is 1. The standard InChI is InChI=1S/C16H12BrN3O4S/c1-23-14-7-6-11(20(21)22)8-10(14)9-25-16-19-18-15(24-16)12-4-2-3-5-13(12)17/h2-8H,9H2,1H3. The molecule has 0 aliphatic rings. The van der Waals surface area contributed by atoms with Crippen molar-refractivity contribution in [2.75, 3.05) is 7.11 Å². The van der Waals surface area contributed by atoms with Crippen molar-refractivity contribution in [1.82, 2.24) is 10.2 Å². The molecule has 3 rings (SSSR count). The molecular formula is C16H12BrN3O4S. The molecule has 0 bridgehead atoms. The molecule has 128 valence electrons. The van der Waals surface area contributed by atoms with E-state index in [2.05, 4.69) is 26.1 Å². The first-order valence-corrected chi connectivity index (χ1v) is 8.89. The lowest BCUT2D eigenvalue weighted by Gasteiger charge is -2.06. The lowest BCUT2D eigenvalue weighted by molar-refractivity contribution is -0.384. The highest BCUT2D eigenvalue weighted by molar-refractivity contribution is 9.10. The number of methoxy groups -OCH3 is 1. The van der Waals surface area contributed by atoms with Crippen LogP contribution in [0, 0.1) is 10.1 Å². The first kappa shape index (κ1) is 17.4. The molecule has 3 aromatic rings. The number of thioether (sulfide) groups is 1. The minimum atomic E-state index is -0.439. The summed E-state index contributed by atoms with van der Waals surface area (Å²) in [6.45, 7) is 0. The van der Waals surface area contributed by atoms with Crippen LogP contribution in [-0.2, 0) is 5.75 Å². The number of hydrogen-bond donors (Lipinski definition) is 0. The van der Waals surface area contributed by atoms with E-state index in [4.69, 9.17) is 9.15 Å². The van der Waals surface area contributed by atoms with Crippen LogP contribution in [0.2, 0.25) is 0 Å². The monoisotopic (exact) mass is 421 g/mol. The van der Waals surface area contributed by atoms with E-state index < -0.39 is 4.92 Å². The van der Waals surface area contributed by atoms with E-state index in [0.29, 0.717) is 28.2 Å². The maximum absolute atomic E-state index is 10.9. The second-order valence-electron chi connectivity index (χ2n) is 4.89. The van der Waals surface area contributed by atoms with E-state index >= 15 is 0 Å². The predicted octanol–water partition coefficient (Wildman–Crippen LogP) is 4.71. The largest absolute Gasteiger partial charge is 0.496 e. The Kier molecular flexibility index (Phi) is 5.34. The zero-order valence-corrected chi connectivity index (χ0v) is 15.4. The van der Waals surface area contributed by atoms with Gasteiger partial charge in [-0.1, -0.05) is 23.9 Å². The quantitative estimate of drug-likeness (QED) is 0.323. The van der Waals surface area contributed by atoms with Crippen LogP contribution >= 0.6 is 27.7 Å². The van der Waals surface area contributed by atoms with Gasteiger partial charge in [-0.25, -0.2) is 0 Å². The Morgan fingerprint density at radius 3 is 2.80 bits per heavy atom. The van der Waals surface area contributed by atoms with Crippen LogP contribution in [0.1, 0.15) is 5.56 Å². The number of aromatic nitrogens is 2. The number of ether oxygens (including phenoxy) is 1. The molecule has 1 aromatic heterocycles. The fourth-order valence-corrected chi connectivity index (χ4v) is 3.34. The van der Waals surface area contributed by atoms with Gasteiger partial charge in [-0.2, -0.15) is 0 Å². The van der Waals surface area contributed by atoms with Crippen molar-refractivity contribution in [2.45, 2.75) is 11.0 Å². The van der Waals surface area contributed by atoms with Crippen LogP contribution < -0.4 is 4.74 Å². The Labute approximate surface area is 155 Å². The highest BCUT2D eigenvalue weighted by atomic mass is 79.9. The summed E-state index contributed by atoms with van der Waals surface area (Å²) in [6, 6.07) is 12.0. The molecule has 0 amide bonds. The first-order chi connectivity index (χ1) is 12.1. The number of rotatable bonds is 6. The van der Waals surface area contributed by atoms with E-state index in [1.165, 1.54) is 31.0 Å². The zero-order valence-electron chi connectivity index (χ0n) is 13.0. The van der Waals surface area contributed by atoms with Gasteiger partial charge in [0.15, 0.2) is 0 Å². The highest BCUT2D eigenvalue weighted by Gasteiger charge is 2.15. The van der Waals surface area contributed by atoms with Gasteiger partial charge in [0.2, 0.25) is 5.89 Å². The fraction of sp³-hybridized carbons (Fsp3) is 0.125. The summed E-state index contributed by atoms with van der Waals surface area (Å²) in [5, 5.41) is 19.4. The molecule has 0 atom stereocenters. The van der Waals surface area contributed by atoms with E-state index in [9.17, 15) is 10.1 Å².